The van der Waals surface area contributed by atoms with Crippen LogP contribution in [0, 0.1) is 12.8 Å². The number of fused-ring (bicyclic) bond motifs is 1. The van der Waals surface area contributed by atoms with E-state index in [4.69, 9.17) is 4.74 Å². The number of thiazole rings is 1. The molecule has 2 amide bonds. The molecule has 1 aliphatic rings. The largest absolute Gasteiger partial charge is 0.383 e. The summed E-state index contributed by atoms with van der Waals surface area (Å²) >= 11 is 1.45. The number of nitrogens with zero attached hydrogens (tertiary/aromatic N) is 2. The molecule has 1 saturated heterocycles. The van der Waals surface area contributed by atoms with Gasteiger partial charge >= 0.3 is 0 Å². The van der Waals surface area contributed by atoms with Crippen LogP contribution in [0.15, 0.2) is 18.2 Å². The summed E-state index contributed by atoms with van der Waals surface area (Å²) in [6.45, 7) is 4.85. The minimum Gasteiger partial charge on any atom is -0.383 e. The molecular formula is C17H21N3O3S. The summed E-state index contributed by atoms with van der Waals surface area (Å²) in [6, 6.07) is 5.98. The summed E-state index contributed by atoms with van der Waals surface area (Å²) in [5.41, 5.74) is 2.03. The lowest BCUT2D eigenvalue weighted by Crippen LogP contribution is -2.38. The van der Waals surface area contributed by atoms with Crippen molar-refractivity contribution in [1.82, 2.24) is 9.88 Å². The molecule has 2 unspecified atom stereocenters. The first-order valence-corrected chi connectivity index (χ1v) is 8.76. The molecule has 0 radical (unpaired) electrons. The Bertz CT molecular complexity index is 774. The van der Waals surface area contributed by atoms with E-state index in [0.29, 0.717) is 18.3 Å². The normalized spacial score (nSPS) is 19.0. The van der Waals surface area contributed by atoms with E-state index in [9.17, 15) is 9.59 Å². The molecule has 24 heavy (non-hydrogen) atoms. The molecule has 3 rings (SSSR count). The Balaban J connectivity index is 1.67. The third-order valence-electron chi connectivity index (χ3n) is 4.24. The van der Waals surface area contributed by atoms with Gasteiger partial charge in [-0.3, -0.25) is 9.59 Å². The molecule has 1 N–H and O–H groups in total. The highest BCUT2D eigenvalue weighted by atomic mass is 32.1. The Morgan fingerprint density at radius 1 is 1.54 bits per heavy atom. The van der Waals surface area contributed by atoms with Crippen LogP contribution in [-0.2, 0) is 14.3 Å². The van der Waals surface area contributed by atoms with Crippen molar-refractivity contribution >= 4 is 38.5 Å². The molecule has 1 aromatic heterocycles. The van der Waals surface area contributed by atoms with Gasteiger partial charge in [0.1, 0.15) is 0 Å². The molecule has 2 atom stereocenters. The number of benzene rings is 1. The van der Waals surface area contributed by atoms with Crippen molar-refractivity contribution in [3.05, 3.63) is 23.8 Å². The van der Waals surface area contributed by atoms with E-state index >= 15 is 0 Å². The Kier molecular flexibility index (Phi) is 4.82. The number of carbonyl (C=O) groups is 2. The van der Waals surface area contributed by atoms with Crippen molar-refractivity contribution in [2.45, 2.75) is 26.3 Å². The second-order valence-corrected chi connectivity index (χ2v) is 7.26. The number of aryl methyl sites for hydroxylation is 1. The Hall–Kier alpha value is -1.99. The number of likely N-dealkylation sites (tertiary alicyclic amines) is 1. The van der Waals surface area contributed by atoms with Crippen LogP contribution in [0.4, 0.5) is 5.13 Å². The molecule has 2 heterocycles. The van der Waals surface area contributed by atoms with Crippen LogP contribution in [-0.4, -0.2) is 48.0 Å². The summed E-state index contributed by atoms with van der Waals surface area (Å²) in [7, 11) is 1.61. The molecule has 0 saturated carbocycles. The minimum absolute atomic E-state index is 0.000348. The molecule has 6 nitrogen and oxygen atoms in total. The zero-order valence-corrected chi connectivity index (χ0v) is 14.9. The molecule has 1 fully saturated rings. The highest BCUT2D eigenvalue weighted by molar-refractivity contribution is 7.22. The fraction of sp³-hybridized carbons (Fsp3) is 0.471. The number of hydrogen-bond acceptors (Lipinski definition) is 5. The molecule has 128 valence electrons. The summed E-state index contributed by atoms with van der Waals surface area (Å²) in [6.07, 6.45) is 0.240. The third kappa shape index (κ3) is 3.42. The third-order valence-corrected chi connectivity index (χ3v) is 5.18. The van der Waals surface area contributed by atoms with Gasteiger partial charge in [0.25, 0.3) is 0 Å². The van der Waals surface area contributed by atoms with Crippen molar-refractivity contribution in [1.29, 1.82) is 0 Å². The average molecular weight is 347 g/mol. The number of ether oxygens (including phenoxy) is 1. The summed E-state index contributed by atoms with van der Waals surface area (Å²) in [5, 5.41) is 3.44. The first-order valence-electron chi connectivity index (χ1n) is 7.94. The van der Waals surface area contributed by atoms with E-state index in [2.05, 4.69) is 16.4 Å². The molecular weight excluding hydrogens is 326 g/mol. The maximum atomic E-state index is 12.5. The molecule has 0 bridgehead atoms. The van der Waals surface area contributed by atoms with Crippen LogP contribution >= 0.6 is 11.3 Å². The van der Waals surface area contributed by atoms with E-state index in [1.807, 2.05) is 26.0 Å². The second kappa shape index (κ2) is 6.86. The molecule has 1 aliphatic heterocycles. The number of methoxy groups -OCH3 is 1. The molecule has 0 spiro atoms. The lowest BCUT2D eigenvalue weighted by atomic mass is 10.1. The number of aromatic nitrogens is 1. The van der Waals surface area contributed by atoms with E-state index in [0.717, 1.165) is 15.8 Å². The quantitative estimate of drug-likeness (QED) is 0.902. The number of nitrogens with one attached hydrogen (secondary N) is 1. The highest BCUT2D eigenvalue weighted by Gasteiger charge is 2.36. The lowest BCUT2D eigenvalue weighted by molar-refractivity contribution is -0.130. The van der Waals surface area contributed by atoms with E-state index in [1.54, 1.807) is 12.0 Å². The average Bonchev–Trinajstić information content (AvgIpc) is 3.10. The maximum Gasteiger partial charge on any atom is 0.231 e. The van der Waals surface area contributed by atoms with Crippen LogP contribution in [0.25, 0.3) is 10.2 Å². The van der Waals surface area contributed by atoms with Crippen LogP contribution in [0.3, 0.4) is 0 Å². The van der Waals surface area contributed by atoms with Gasteiger partial charge in [0.2, 0.25) is 11.8 Å². The first-order chi connectivity index (χ1) is 11.5. The molecule has 2 aromatic rings. The van der Waals surface area contributed by atoms with E-state index < -0.39 is 0 Å². The van der Waals surface area contributed by atoms with E-state index in [-0.39, 0.29) is 30.2 Å². The first kappa shape index (κ1) is 16.9. The van der Waals surface area contributed by atoms with Crippen LogP contribution < -0.4 is 5.32 Å². The smallest absolute Gasteiger partial charge is 0.231 e. The minimum atomic E-state index is -0.342. The predicted molar refractivity (Wildman–Crippen MR) is 94.1 cm³/mol. The van der Waals surface area contributed by atoms with Gasteiger partial charge < -0.3 is 15.0 Å². The Labute approximate surface area is 144 Å². The number of carbonyl (C=O) groups excluding carboxylic acids is 2. The number of anilines is 1. The van der Waals surface area contributed by atoms with Gasteiger partial charge in [0.15, 0.2) is 5.13 Å². The Morgan fingerprint density at radius 3 is 3.08 bits per heavy atom. The van der Waals surface area contributed by atoms with Crippen molar-refractivity contribution in [2.24, 2.45) is 5.92 Å². The predicted octanol–water partition coefficient (Wildman–Crippen LogP) is 2.43. The number of rotatable bonds is 5. The van der Waals surface area contributed by atoms with Gasteiger partial charge in [0.05, 0.1) is 28.8 Å². The van der Waals surface area contributed by atoms with Gasteiger partial charge in [0, 0.05) is 20.1 Å². The van der Waals surface area contributed by atoms with Crippen LogP contribution in [0.5, 0.6) is 0 Å². The maximum absolute atomic E-state index is 12.5. The fourth-order valence-electron chi connectivity index (χ4n) is 2.96. The zero-order chi connectivity index (χ0) is 17.3. The summed E-state index contributed by atoms with van der Waals surface area (Å²) in [4.78, 5) is 30.7. The molecule has 0 aliphatic carbocycles. The van der Waals surface area contributed by atoms with Crippen molar-refractivity contribution in [3.8, 4) is 0 Å². The fourth-order valence-corrected chi connectivity index (χ4v) is 3.92. The van der Waals surface area contributed by atoms with Gasteiger partial charge in [-0.05, 0) is 31.5 Å². The molecule has 7 heteroatoms. The number of hydrogen-bond donors (Lipinski definition) is 1. The van der Waals surface area contributed by atoms with Gasteiger partial charge in [-0.1, -0.05) is 17.4 Å². The Morgan fingerprint density at radius 2 is 2.33 bits per heavy atom. The van der Waals surface area contributed by atoms with Gasteiger partial charge in [-0.15, -0.1) is 0 Å². The van der Waals surface area contributed by atoms with Crippen LogP contribution in [0.2, 0.25) is 0 Å². The lowest BCUT2D eigenvalue weighted by Gasteiger charge is -2.23. The highest BCUT2D eigenvalue weighted by Crippen LogP contribution is 2.28. The topological polar surface area (TPSA) is 71.5 Å². The SMILES string of the molecule is COCC(C)N1CC(C(=O)Nc2nc3ccc(C)cc3s2)CC1=O. The zero-order valence-electron chi connectivity index (χ0n) is 14.0. The van der Waals surface area contributed by atoms with E-state index in [1.165, 1.54) is 11.3 Å². The van der Waals surface area contributed by atoms with Gasteiger partial charge in [-0.2, -0.15) is 0 Å². The van der Waals surface area contributed by atoms with Crippen molar-refractivity contribution in [3.63, 3.8) is 0 Å². The standard InChI is InChI=1S/C17H21N3O3S/c1-10-4-5-13-14(6-10)24-17(18-13)19-16(22)12-7-15(21)20(8-12)11(2)9-23-3/h4-6,11-12H,7-9H2,1-3H3,(H,18,19,22). The van der Waals surface area contributed by atoms with Gasteiger partial charge in [-0.25, -0.2) is 4.98 Å². The van der Waals surface area contributed by atoms with Crippen molar-refractivity contribution in [2.75, 3.05) is 25.6 Å². The van der Waals surface area contributed by atoms with Crippen LogP contribution in [0.1, 0.15) is 18.9 Å². The monoisotopic (exact) mass is 347 g/mol. The van der Waals surface area contributed by atoms with Crippen molar-refractivity contribution < 1.29 is 14.3 Å². The molecule has 1 aromatic carbocycles. The summed E-state index contributed by atoms with van der Waals surface area (Å²) < 4.78 is 6.14. The summed E-state index contributed by atoms with van der Waals surface area (Å²) in [5.74, 6) is -0.489. The second-order valence-electron chi connectivity index (χ2n) is 6.23. The number of amides is 2.